The third-order valence-electron chi connectivity index (χ3n) is 3.67. The first kappa shape index (κ1) is 15.4. The van der Waals surface area contributed by atoms with Gasteiger partial charge in [0.25, 0.3) is 0 Å². The Morgan fingerprint density at radius 3 is 2.67 bits per heavy atom. The van der Waals surface area contributed by atoms with Gasteiger partial charge in [-0.2, -0.15) is 0 Å². The van der Waals surface area contributed by atoms with Crippen molar-refractivity contribution in [3.63, 3.8) is 0 Å². The molecule has 0 aromatic heterocycles. The maximum atomic E-state index is 12.1. The Kier molecular flexibility index (Phi) is 5.20. The number of carbonyl (C=O) groups excluding carboxylic acids is 2. The summed E-state index contributed by atoms with van der Waals surface area (Å²) in [4.78, 5) is 27.3. The molecule has 21 heavy (non-hydrogen) atoms. The first-order valence-corrected chi connectivity index (χ1v) is 7.24. The second-order valence-corrected chi connectivity index (χ2v) is 5.56. The summed E-state index contributed by atoms with van der Waals surface area (Å²) in [6.45, 7) is 1.37. The Hall–Kier alpha value is -2.04. The standard InChI is InChI=1S/C16H22N2O3/c1-17(2)15(19)14-9-6-10-18(11-14)16(20)21-12-13-7-4-3-5-8-13/h3-5,7-8,14H,6,9-12H2,1-2H3. The van der Waals surface area contributed by atoms with Crippen molar-refractivity contribution in [2.75, 3.05) is 27.2 Å². The molecular weight excluding hydrogens is 268 g/mol. The van der Waals surface area contributed by atoms with E-state index in [4.69, 9.17) is 4.74 Å². The van der Waals surface area contributed by atoms with Crippen molar-refractivity contribution >= 4 is 12.0 Å². The molecule has 1 aromatic rings. The Bertz CT molecular complexity index is 488. The summed E-state index contributed by atoms with van der Waals surface area (Å²) in [5.74, 6) is -0.0337. The molecule has 1 unspecified atom stereocenters. The maximum Gasteiger partial charge on any atom is 0.410 e. The fourth-order valence-electron chi connectivity index (χ4n) is 2.52. The molecule has 0 spiro atoms. The number of nitrogens with zero attached hydrogens (tertiary/aromatic N) is 2. The molecule has 1 fully saturated rings. The number of carbonyl (C=O) groups is 2. The topological polar surface area (TPSA) is 49.9 Å². The van der Waals surface area contributed by atoms with E-state index in [0.29, 0.717) is 13.1 Å². The highest BCUT2D eigenvalue weighted by atomic mass is 16.6. The van der Waals surface area contributed by atoms with Crippen LogP contribution < -0.4 is 0 Å². The zero-order valence-corrected chi connectivity index (χ0v) is 12.6. The minimum atomic E-state index is -0.338. The largest absolute Gasteiger partial charge is 0.445 e. The Morgan fingerprint density at radius 2 is 2.00 bits per heavy atom. The van der Waals surface area contributed by atoms with E-state index in [9.17, 15) is 9.59 Å². The summed E-state index contributed by atoms with van der Waals surface area (Å²) in [6.07, 6.45) is 1.33. The number of rotatable bonds is 3. The molecule has 1 aliphatic heterocycles. The zero-order chi connectivity index (χ0) is 15.2. The molecule has 1 aromatic carbocycles. The lowest BCUT2D eigenvalue weighted by Gasteiger charge is -2.32. The summed E-state index contributed by atoms with van der Waals surface area (Å²) in [6, 6.07) is 9.59. The molecule has 5 nitrogen and oxygen atoms in total. The number of likely N-dealkylation sites (tertiary alicyclic amines) is 1. The number of piperidine rings is 1. The van der Waals surface area contributed by atoms with Crippen molar-refractivity contribution in [3.05, 3.63) is 35.9 Å². The fourth-order valence-corrected chi connectivity index (χ4v) is 2.52. The summed E-state index contributed by atoms with van der Waals surface area (Å²) in [5.41, 5.74) is 0.962. The van der Waals surface area contributed by atoms with Gasteiger partial charge in [0.2, 0.25) is 5.91 Å². The average Bonchev–Trinajstić information content (AvgIpc) is 2.53. The van der Waals surface area contributed by atoms with Gasteiger partial charge in [0, 0.05) is 27.2 Å². The molecule has 0 aliphatic carbocycles. The van der Waals surface area contributed by atoms with Crippen molar-refractivity contribution in [2.45, 2.75) is 19.4 Å². The zero-order valence-electron chi connectivity index (χ0n) is 12.6. The van der Waals surface area contributed by atoms with Crippen LogP contribution >= 0.6 is 0 Å². The van der Waals surface area contributed by atoms with Gasteiger partial charge >= 0.3 is 6.09 Å². The van der Waals surface area contributed by atoms with Gasteiger partial charge in [0.1, 0.15) is 6.61 Å². The van der Waals surface area contributed by atoms with E-state index in [1.807, 2.05) is 30.3 Å². The van der Waals surface area contributed by atoms with Crippen molar-refractivity contribution in [1.29, 1.82) is 0 Å². The smallest absolute Gasteiger partial charge is 0.410 e. The summed E-state index contributed by atoms with van der Waals surface area (Å²) < 4.78 is 5.32. The SMILES string of the molecule is CN(C)C(=O)C1CCCN(C(=O)OCc2ccccc2)C1. The third-order valence-corrected chi connectivity index (χ3v) is 3.67. The van der Waals surface area contributed by atoms with Crippen LogP contribution in [0.25, 0.3) is 0 Å². The van der Waals surface area contributed by atoms with Gasteiger partial charge in [0.15, 0.2) is 0 Å². The summed E-state index contributed by atoms with van der Waals surface area (Å²) >= 11 is 0. The lowest BCUT2D eigenvalue weighted by molar-refractivity contribution is -0.134. The maximum absolute atomic E-state index is 12.1. The van der Waals surface area contributed by atoms with Gasteiger partial charge in [-0.15, -0.1) is 0 Å². The van der Waals surface area contributed by atoms with Crippen LogP contribution in [0.5, 0.6) is 0 Å². The molecule has 1 saturated heterocycles. The molecule has 1 heterocycles. The van der Waals surface area contributed by atoms with Crippen LogP contribution in [-0.4, -0.2) is 49.0 Å². The van der Waals surface area contributed by atoms with Crippen LogP contribution in [0.2, 0.25) is 0 Å². The van der Waals surface area contributed by atoms with Crippen molar-refractivity contribution in [3.8, 4) is 0 Å². The number of hydrogen-bond acceptors (Lipinski definition) is 3. The highest BCUT2D eigenvalue weighted by molar-refractivity contribution is 5.79. The Balaban J connectivity index is 1.86. The molecule has 2 rings (SSSR count). The minimum Gasteiger partial charge on any atom is -0.445 e. The predicted molar refractivity (Wildman–Crippen MR) is 79.6 cm³/mol. The molecule has 1 aliphatic rings. The minimum absolute atomic E-state index is 0.0792. The molecule has 2 amide bonds. The molecule has 114 valence electrons. The molecule has 1 atom stereocenters. The van der Waals surface area contributed by atoms with E-state index in [1.165, 1.54) is 0 Å². The van der Waals surface area contributed by atoms with Gasteiger partial charge in [-0.1, -0.05) is 30.3 Å². The van der Waals surface area contributed by atoms with Gasteiger partial charge in [-0.3, -0.25) is 4.79 Å². The van der Waals surface area contributed by atoms with Crippen molar-refractivity contribution in [2.24, 2.45) is 5.92 Å². The van der Waals surface area contributed by atoms with Gasteiger partial charge in [-0.05, 0) is 18.4 Å². The van der Waals surface area contributed by atoms with E-state index in [1.54, 1.807) is 23.9 Å². The van der Waals surface area contributed by atoms with Crippen LogP contribution in [0.3, 0.4) is 0 Å². The number of ether oxygens (including phenoxy) is 1. The van der Waals surface area contributed by atoms with Gasteiger partial charge in [-0.25, -0.2) is 4.79 Å². The molecule has 0 saturated carbocycles. The van der Waals surface area contributed by atoms with Crippen LogP contribution in [0, 0.1) is 5.92 Å². The molecule has 0 radical (unpaired) electrons. The van der Waals surface area contributed by atoms with Crippen molar-refractivity contribution in [1.82, 2.24) is 9.80 Å². The van der Waals surface area contributed by atoms with E-state index in [2.05, 4.69) is 0 Å². The predicted octanol–water partition coefficient (Wildman–Crippen LogP) is 2.12. The van der Waals surface area contributed by atoms with Crippen molar-refractivity contribution < 1.29 is 14.3 Å². The fraction of sp³-hybridized carbons (Fsp3) is 0.500. The first-order chi connectivity index (χ1) is 10.1. The normalized spacial score (nSPS) is 18.2. The lowest BCUT2D eigenvalue weighted by Crippen LogP contribution is -2.45. The number of hydrogen-bond donors (Lipinski definition) is 0. The molecule has 5 heteroatoms. The Labute approximate surface area is 125 Å². The molecular formula is C16H22N2O3. The summed E-state index contributed by atoms with van der Waals surface area (Å²) in [5, 5.41) is 0. The summed E-state index contributed by atoms with van der Waals surface area (Å²) in [7, 11) is 3.49. The monoisotopic (exact) mass is 290 g/mol. The van der Waals surface area contributed by atoms with E-state index in [0.717, 1.165) is 18.4 Å². The highest BCUT2D eigenvalue weighted by Crippen LogP contribution is 2.19. The third kappa shape index (κ3) is 4.21. The van der Waals surface area contributed by atoms with E-state index in [-0.39, 0.29) is 24.5 Å². The Morgan fingerprint density at radius 1 is 1.29 bits per heavy atom. The van der Waals surface area contributed by atoms with Gasteiger partial charge < -0.3 is 14.5 Å². The van der Waals surface area contributed by atoms with Crippen LogP contribution in [0.4, 0.5) is 4.79 Å². The second kappa shape index (κ2) is 7.11. The first-order valence-electron chi connectivity index (χ1n) is 7.24. The van der Waals surface area contributed by atoms with E-state index >= 15 is 0 Å². The molecule has 0 N–H and O–H groups in total. The molecule has 0 bridgehead atoms. The second-order valence-electron chi connectivity index (χ2n) is 5.56. The average molecular weight is 290 g/mol. The lowest BCUT2D eigenvalue weighted by atomic mass is 9.97. The number of amides is 2. The van der Waals surface area contributed by atoms with Crippen LogP contribution in [0.1, 0.15) is 18.4 Å². The van der Waals surface area contributed by atoms with Crippen LogP contribution in [0.15, 0.2) is 30.3 Å². The quantitative estimate of drug-likeness (QED) is 0.857. The van der Waals surface area contributed by atoms with Crippen LogP contribution in [-0.2, 0) is 16.1 Å². The number of benzene rings is 1. The highest BCUT2D eigenvalue weighted by Gasteiger charge is 2.29. The van der Waals surface area contributed by atoms with Gasteiger partial charge in [0.05, 0.1) is 5.92 Å². The van der Waals surface area contributed by atoms with E-state index < -0.39 is 0 Å².